The van der Waals surface area contributed by atoms with Gasteiger partial charge in [-0.05, 0) is 54.8 Å². The van der Waals surface area contributed by atoms with Crippen molar-refractivity contribution in [1.29, 1.82) is 0 Å². The summed E-state index contributed by atoms with van der Waals surface area (Å²) < 4.78 is 13.4. The topological polar surface area (TPSA) is 67.1 Å². The van der Waals surface area contributed by atoms with Gasteiger partial charge in [0.1, 0.15) is 5.82 Å². The third kappa shape index (κ3) is 2.81. The van der Waals surface area contributed by atoms with Crippen molar-refractivity contribution in [3.8, 4) is 0 Å². The normalized spacial score (nSPS) is 13.5. The first-order valence-corrected chi connectivity index (χ1v) is 6.78. The second kappa shape index (κ2) is 5.09. The van der Waals surface area contributed by atoms with Crippen molar-refractivity contribution in [1.82, 2.24) is 0 Å². The second-order valence-corrected chi connectivity index (χ2v) is 5.29. The van der Waals surface area contributed by atoms with Gasteiger partial charge >= 0.3 is 0 Å². The van der Waals surface area contributed by atoms with Crippen molar-refractivity contribution in [3.63, 3.8) is 0 Å². The molecule has 108 valence electrons. The van der Waals surface area contributed by atoms with Crippen LogP contribution < -0.4 is 16.4 Å². The van der Waals surface area contributed by atoms with Gasteiger partial charge in [0.2, 0.25) is 5.91 Å². The SMILES string of the molecule is Cc1cc(F)cc(Nc2cc3c(cc2N)CCC(=O)N3)c1. The zero-order chi connectivity index (χ0) is 15.0. The van der Waals surface area contributed by atoms with Gasteiger partial charge in [0, 0.05) is 17.8 Å². The van der Waals surface area contributed by atoms with Crippen molar-refractivity contribution in [2.24, 2.45) is 0 Å². The van der Waals surface area contributed by atoms with E-state index in [4.69, 9.17) is 5.73 Å². The number of aryl methyl sites for hydroxylation is 2. The molecular weight excluding hydrogens is 269 g/mol. The predicted octanol–water partition coefficient (Wildman–Crippen LogP) is 3.34. The van der Waals surface area contributed by atoms with E-state index in [1.807, 2.05) is 19.1 Å². The Hall–Kier alpha value is -2.56. The molecule has 3 rings (SSSR count). The Bertz CT molecular complexity index is 707. The Morgan fingerprint density at radius 1 is 1.19 bits per heavy atom. The van der Waals surface area contributed by atoms with E-state index in [1.54, 1.807) is 6.07 Å². The van der Waals surface area contributed by atoms with Crippen molar-refractivity contribution in [2.75, 3.05) is 16.4 Å². The Kier molecular flexibility index (Phi) is 3.25. The molecule has 1 aliphatic heterocycles. The van der Waals surface area contributed by atoms with Crippen molar-refractivity contribution in [3.05, 3.63) is 47.3 Å². The van der Waals surface area contributed by atoms with E-state index >= 15 is 0 Å². The van der Waals surface area contributed by atoms with E-state index in [0.717, 1.165) is 16.8 Å². The van der Waals surface area contributed by atoms with Gasteiger partial charge in [-0.25, -0.2) is 4.39 Å². The van der Waals surface area contributed by atoms with E-state index in [-0.39, 0.29) is 11.7 Å². The van der Waals surface area contributed by atoms with Crippen LogP contribution in [-0.2, 0) is 11.2 Å². The minimum atomic E-state index is -0.303. The average Bonchev–Trinajstić information content (AvgIpc) is 2.39. The van der Waals surface area contributed by atoms with Crippen LogP contribution in [0.1, 0.15) is 17.5 Å². The van der Waals surface area contributed by atoms with E-state index in [9.17, 15) is 9.18 Å². The number of hydrogen-bond acceptors (Lipinski definition) is 3. The van der Waals surface area contributed by atoms with E-state index in [2.05, 4.69) is 10.6 Å². The third-order valence-corrected chi connectivity index (χ3v) is 3.49. The zero-order valence-corrected chi connectivity index (χ0v) is 11.7. The van der Waals surface area contributed by atoms with Gasteiger partial charge in [0.25, 0.3) is 0 Å². The summed E-state index contributed by atoms with van der Waals surface area (Å²) in [7, 11) is 0. The molecule has 4 nitrogen and oxygen atoms in total. The molecule has 5 heteroatoms. The first-order chi connectivity index (χ1) is 10.0. The number of carbonyl (C=O) groups is 1. The summed E-state index contributed by atoms with van der Waals surface area (Å²) >= 11 is 0. The molecule has 1 amide bonds. The molecule has 0 aromatic heterocycles. The Morgan fingerprint density at radius 2 is 2.00 bits per heavy atom. The van der Waals surface area contributed by atoms with Crippen molar-refractivity contribution >= 4 is 28.7 Å². The molecule has 0 bridgehead atoms. The number of nitrogens with two attached hydrogens (primary N) is 1. The fourth-order valence-electron chi connectivity index (χ4n) is 2.52. The lowest BCUT2D eigenvalue weighted by Gasteiger charge is -2.20. The fraction of sp³-hybridized carbons (Fsp3) is 0.188. The molecule has 2 aromatic rings. The van der Waals surface area contributed by atoms with Crippen LogP contribution in [0.25, 0.3) is 0 Å². The number of amides is 1. The summed E-state index contributed by atoms with van der Waals surface area (Å²) in [5.41, 5.74) is 10.5. The minimum Gasteiger partial charge on any atom is -0.397 e. The fourth-order valence-corrected chi connectivity index (χ4v) is 2.52. The maximum Gasteiger partial charge on any atom is 0.224 e. The summed E-state index contributed by atoms with van der Waals surface area (Å²) in [6.07, 6.45) is 1.16. The van der Waals surface area contributed by atoms with Crippen LogP contribution in [0.3, 0.4) is 0 Å². The Balaban J connectivity index is 1.95. The number of benzene rings is 2. The number of halogens is 1. The highest BCUT2D eigenvalue weighted by Crippen LogP contribution is 2.33. The predicted molar refractivity (Wildman–Crippen MR) is 82.2 cm³/mol. The highest BCUT2D eigenvalue weighted by molar-refractivity contribution is 5.96. The monoisotopic (exact) mass is 285 g/mol. The lowest BCUT2D eigenvalue weighted by Crippen LogP contribution is -2.19. The number of nitrogens with one attached hydrogen (secondary N) is 2. The largest absolute Gasteiger partial charge is 0.397 e. The molecule has 0 saturated carbocycles. The number of rotatable bonds is 2. The minimum absolute atomic E-state index is 0.000165. The van der Waals surface area contributed by atoms with Crippen LogP contribution in [0.15, 0.2) is 30.3 Å². The van der Waals surface area contributed by atoms with Crippen molar-refractivity contribution in [2.45, 2.75) is 19.8 Å². The van der Waals surface area contributed by atoms with Crippen LogP contribution in [-0.4, -0.2) is 5.91 Å². The molecule has 2 aromatic carbocycles. The number of carbonyl (C=O) groups excluding carboxylic acids is 1. The maximum atomic E-state index is 13.4. The van der Waals surface area contributed by atoms with Gasteiger partial charge in [-0.2, -0.15) is 0 Å². The molecule has 0 unspecified atom stereocenters. The molecule has 0 spiro atoms. The quantitative estimate of drug-likeness (QED) is 0.741. The Morgan fingerprint density at radius 3 is 2.76 bits per heavy atom. The van der Waals surface area contributed by atoms with Gasteiger partial charge in [0.15, 0.2) is 0 Å². The summed E-state index contributed by atoms with van der Waals surface area (Å²) in [6.45, 7) is 1.82. The standard InChI is InChI=1S/C16H16FN3O/c1-9-4-11(17)7-12(5-9)19-15-8-14-10(6-13(15)18)2-3-16(21)20-14/h4-8,19H,2-3,18H2,1H3,(H,20,21). The van der Waals surface area contributed by atoms with Gasteiger partial charge in [0.05, 0.1) is 11.4 Å². The van der Waals surface area contributed by atoms with Crippen LogP contribution >= 0.6 is 0 Å². The first-order valence-electron chi connectivity index (χ1n) is 6.78. The van der Waals surface area contributed by atoms with Crippen molar-refractivity contribution < 1.29 is 9.18 Å². The number of nitrogen functional groups attached to an aromatic ring is 1. The summed E-state index contributed by atoms with van der Waals surface area (Å²) in [5.74, 6) is -0.304. The molecule has 21 heavy (non-hydrogen) atoms. The second-order valence-electron chi connectivity index (χ2n) is 5.29. The van der Waals surface area contributed by atoms with Gasteiger partial charge in [-0.15, -0.1) is 0 Å². The highest BCUT2D eigenvalue weighted by atomic mass is 19.1. The zero-order valence-electron chi connectivity index (χ0n) is 11.7. The lowest BCUT2D eigenvalue weighted by molar-refractivity contribution is -0.116. The number of anilines is 4. The van der Waals surface area contributed by atoms with Crippen LogP contribution in [0.2, 0.25) is 0 Å². The smallest absolute Gasteiger partial charge is 0.224 e. The number of hydrogen-bond donors (Lipinski definition) is 3. The van der Waals surface area contributed by atoms with Crippen LogP contribution in [0.5, 0.6) is 0 Å². The summed E-state index contributed by atoms with van der Waals surface area (Å²) in [5, 5.41) is 5.93. The van der Waals surface area contributed by atoms with Gasteiger partial charge in [-0.3, -0.25) is 4.79 Å². The molecule has 0 fully saturated rings. The maximum absolute atomic E-state index is 13.4. The van der Waals surface area contributed by atoms with Crippen LogP contribution in [0, 0.1) is 12.7 Å². The molecule has 4 N–H and O–H groups in total. The summed E-state index contributed by atoms with van der Waals surface area (Å²) in [6, 6.07) is 8.35. The number of fused-ring (bicyclic) bond motifs is 1. The van der Waals surface area contributed by atoms with Gasteiger partial charge < -0.3 is 16.4 Å². The highest BCUT2D eigenvalue weighted by Gasteiger charge is 2.16. The van der Waals surface area contributed by atoms with E-state index < -0.39 is 0 Å². The molecule has 0 aliphatic carbocycles. The van der Waals surface area contributed by atoms with Gasteiger partial charge in [-0.1, -0.05) is 0 Å². The molecule has 1 heterocycles. The summed E-state index contributed by atoms with van der Waals surface area (Å²) in [4.78, 5) is 11.5. The lowest BCUT2D eigenvalue weighted by atomic mass is 10.0. The first kappa shape index (κ1) is 13.4. The van der Waals surface area contributed by atoms with E-state index in [1.165, 1.54) is 12.1 Å². The van der Waals surface area contributed by atoms with E-state index in [0.29, 0.717) is 29.9 Å². The molecule has 0 radical (unpaired) electrons. The van der Waals surface area contributed by atoms with Crippen LogP contribution in [0.4, 0.5) is 27.1 Å². The Labute approximate surface area is 122 Å². The molecular formula is C16H16FN3O. The third-order valence-electron chi connectivity index (χ3n) is 3.49. The molecule has 0 saturated heterocycles. The molecule has 1 aliphatic rings. The average molecular weight is 285 g/mol. The molecule has 0 atom stereocenters.